The van der Waals surface area contributed by atoms with Crippen LogP contribution in [-0.4, -0.2) is 18.0 Å². The molecule has 2 aromatic carbocycles. The van der Waals surface area contributed by atoms with Crippen molar-refractivity contribution in [3.63, 3.8) is 0 Å². The van der Waals surface area contributed by atoms with Gasteiger partial charge in [-0.3, -0.25) is 4.79 Å². The summed E-state index contributed by atoms with van der Waals surface area (Å²) < 4.78 is 18.2. The average molecular weight is 364 g/mol. The van der Waals surface area contributed by atoms with E-state index in [0.29, 0.717) is 11.5 Å². The lowest BCUT2D eigenvalue weighted by Crippen LogP contribution is -2.30. The molecular weight excluding hydrogens is 345 g/mol. The van der Waals surface area contributed by atoms with E-state index in [0.717, 1.165) is 11.6 Å². The quantitative estimate of drug-likeness (QED) is 0.777. The van der Waals surface area contributed by atoms with Crippen LogP contribution >= 0.6 is 11.6 Å². The molecule has 25 heavy (non-hydrogen) atoms. The molecule has 0 saturated carbocycles. The summed E-state index contributed by atoms with van der Waals surface area (Å²) in [6, 6.07) is 10.6. The van der Waals surface area contributed by atoms with Crippen molar-refractivity contribution in [2.45, 2.75) is 32.8 Å². The summed E-state index contributed by atoms with van der Waals surface area (Å²) in [6.07, 6.45) is -1.03. The number of rotatable bonds is 5. The van der Waals surface area contributed by atoms with E-state index in [2.05, 4.69) is 19.2 Å². The number of esters is 1. The van der Waals surface area contributed by atoms with Crippen molar-refractivity contribution < 1.29 is 18.7 Å². The monoisotopic (exact) mass is 363 g/mol. The first-order valence-electron chi connectivity index (χ1n) is 7.84. The van der Waals surface area contributed by atoms with Crippen LogP contribution in [0.4, 0.5) is 10.1 Å². The number of nitrogens with one attached hydrogen (secondary N) is 1. The van der Waals surface area contributed by atoms with Gasteiger partial charge in [-0.05, 0) is 48.7 Å². The van der Waals surface area contributed by atoms with Crippen molar-refractivity contribution in [1.82, 2.24) is 0 Å². The van der Waals surface area contributed by atoms with Crippen LogP contribution in [-0.2, 0) is 9.53 Å². The minimum Gasteiger partial charge on any atom is -0.449 e. The predicted molar refractivity (Wildman–Crippen MR) is 95.4 cm³/mol. The van der Waals surface area contributed by atoms with Crippen molar-refractivity contribution in [1.29, 1.82) is 0 Å². The third kappa shape index (κ3) is 5.03. The second-order valence-electron chi connectivity index (χ2n) is 5.94. The van der Waals surface area contributed by atoms with Crippen LogP contribution in [0.5, 0.6) is 0 Å². The number of halogens is 2. The Morgan fingerprint density at radius 3 is 2.28 bits per heavy atom. The van der Waals surface area contributed by atoms with Gasteiger partial charge < -0.3 is 10.1 Å². The van der Waals surface area contributed by atoms with Crippen molar-refractivity contribution >= 4 is 29.2 Å². The number of benzene rings is 2. The molecule has 6 heteroatoms. The summed E-state index contributed by atoms with van der Waals surface area (Å²) in [5.74, 6) is -1.30. The first kappa shape index (κ1) is 18.9. The molecule has 0 aliphatic rings. The Hall–Kier alpha value is -2.40. The van der Waals surface area contributed by atoms with E-state index in [9.17, 15) is 14.0 Å². The van der Waals surface area contributed by atoms with Gasteiger partial charge >= 0.3 is 5.97 Å². The molecular formula is C19H19ClFNO3. The van der Waals surface area contributed by atoms with Gasteiger partial charge in [0, 0.05) is 0 Å². The number of ether oxygens (including phenoxy) is 1. The summed E-state index contributed by atoms with van der Waals surface area (Å²) in [7, 11) is 0. The van der Waals surface area contributed by atoms with Gasteiger partial charge in [0.1, 0.15) is 5.82 Å². The Balaban J connectivity index is 1.99. The predicted octanol–water partition coefficient (Wildman–Crippen LogP) is 4.79. The lowest BCUT2D eigenvalue weighted by molar-refractivity contribution is -0.123. The maximum Gasteiger partial charge on any atom is 0.338 e. The molecule has 1 atom stereocenters. The molecule has 2 rings (SSSR count). The Bertz CT molecular complexity index is 775. The Kier molecular flexibility index (Phi) is 6.15. The van der Waals surface area contributed by atoms with Gasteiger partial charge in [-0.2, -0.15) is 0 Å². The number of hydrogen-bond donors (Lipinski definition) is 1. The molecule has 0 saturated heterocycles. The number of carbonyl (C=O) groups excluding carboxylic acids is 2. The van der Waals surface area contributed by atoms with E-state index < -0.39 is 23.8 Å². The molecule has 0 aliphatic heterocycles. The van der Waals surface area contributed by atoms with Crippen LogP contribution in [0.2, 0.25) is 5.02 Å². The maximum atomic E-state index is 13.0. The molecule has 1 amide bonds. The highest BCUT2D eigenvalue weighted by Gasteiger charge is 2.20. The van der Waals surface area contributed by atoms with Gasteiger partial charge in [-0.15, -0.1) is 0 Å². The Labute approximate surface area is 150 Å². The largest absolute Gasteiger partial charge is 0.449 e. The minimum absolute atomic E-state index is 0.0659. The van der Waals surface area contributed by atoms with Crippen LogP contribution in [0, 0.1) is 5.82 Å². The van der Waals surface area contributed by atoms with Gasteiger partial charge in [-0.25, -0.2) is 9.18 Å². The van der Waals surface area contributed by atoms with Crippen LogP contribution in [0.3, 0.4) is 0 Å². The van der Waals surface area contributed by atoms with E-state index in [1.807, 2.05) is 12.1 Å². The highest BCUT2D eigenvalue weighted by molar-refractivity contribution is 6.33. The van der Waals surface area contributed by atoms with Crippen molar-refractivity contribution in [2.75, 3.05) is 5.32 Å². The lowest BCUT2D eigenvalue weighted by atomic mass is 10.0. The summed E-state index contributed by atoms with van der Waals surface area (Å²) in [5, 5.41) is 2.57. The van der Waals surface area contributed by atoms with Gasteiger partial charge in [-0.1, -0.05) is 37.6 Å². The lowest BCUT2D eigenvalue weighted by Gasteiger charge is -2.14. The smallest absolute Gasteiger partial charge is 0.338 e. The first-order valence-corrected chi connectivity index (χ1v) is 8.22. The first-order chi connectivity index (χ1) is 11.8. The van der Waals surface area contributed by atoms with Crippen LogP contribution in [0.15, 0.2) is 42.5 Å². The highest BCUT2D eigenvalue weighted by atomic mass is 35.5. The number of anilines is 1. The van der Waals surface area contributed by atoms with E-state index in [1.165, 1.54) is 19.1 Å². The van der Waals surface area contributed by atoms with E-state index in [-0.39, 0.29) is 10.7 Å². The molecule has 2 aromatic rings. The fourth-order valence-corrected chi connectivity index (χ4v) is 2.33. The molecule has 0 bridgehead atoms. The van der Waals surface area contributed by atoms with E-state index >= 15 is 0 Å². The van der Waals surface area contributed by atoms with Crippen molar-refractivity contribution in [2.24, 2.45) is 0 Å². The molecule has 132 valence electrons. The summed E-state index contributed by atoms with van der Waals surface area (Å²) in [6.45, 7) is 5.56. The van der Waals surface area contributed by atoms with E-state index in [4.69, 9.17) is 16.3 Å². The van der Waals surface area contributed by atoms with Gasteiger partial charge in [0.2, 0.25) is 0 Å². The Morgan fingerprint density at radius 1 is 1.08 bits per heavy atom. The minimum atomic E-state index is -1.03. The summed E-state index contributed by atoms with van der Waals surface area (Å²) >= 11 is 5.86. The average Bonchev–Trinajstić information content (AvgIpc) is 2.57. The third-order valence-electron chi connectivity index (χ3n) is 3.66. The number of carbonyl (C=O) groups is 2. The van der Waals surface area contributed by atoms with Gasteiger partial charge in [0.05, 0.1) is 16.3 Å². The van der Waals surface area contributed by atoms with Crippen molar-refractivity contribution in [3.05, 3.63) is 64.4 Å². The SMILES string of the molecule is CC(C)c1ccc(C(=O)O[C@@H](C)C(=O)Nc2ccc(F)cc2Cl)cc1. The molecule has 0 unspecified atom stereocenters. The Morgan fingerprint density at radius 2 is 1.72 bits per heavy atom. The van der Waals surface area contributed by atoms with E-state index in [1.54, 1.807) is 12.1 Å². The fraction of sp³-hybridized carbons (Fsp3) is 0.263. The van der Waals surface area contributed by atoms with Crippen molar-refractivity contribution in [3.8, 4) is 0 Å². The molecule has 0 spiro atoms. The second-order valence-corrected chi connectivity index (χ2v) is 6.34. The maximum absolute atomic E-state index is 13.0. The zero-order chi connectivity index (χ0) is 18.6. The molecule has 0 aromatic heterocycles. The molecule has 0 radical (unpaired) electrons. The third-order valence-corrected chi connectivity index (χ3v) is 3.97. The molecule has 0 heterocycles. The zero-order valence-electron chi connectivity index (χ0n) is 14.2. The normalized spacial score (nSPS) is 11.9. The molecule has 0 aliphatic carbocycles. The number of amides is 1. The fourth-order valence-electron chi connectivity index (χ4n) is 2.11. The van der Waals surface area contributed by atoms with Gasteiger partial charge in [0.25, 0.3) is 5.91 Å². The standard InChI is InChI=1S/C19H19ClFNO3/c1-11(2)13-4-6-14(7-5-13)19(24)25-12(3)18(23)22-17-9-8-15(21)10-16(17)20/h4-12H,1-3H3,(H,22,23)/t12-/m0/s1. The van der Waals surface area contributed by atoms with Gasteiger partial charge in [0.15, 0.2) is 6.10 Å². The highest BCUT2D eigenvalue weighted by Crippen LogP contribution is 2.23. The molecule has 4 nitrogen and oxygen atoms in total. The molecule has 0 fully saturated rings. The second kappa shape index (κ2) is 8.12. The van der Waals surface area contributed by atoms with Crippen LogP contribution in [0.25, 0.3) is 0 Å². The summed E-state index contributed by atoms with van der Waals surface area (Å²) in [5.41, 5.74) is 1.72. The topological polar surface area (TPSA) is 55.4 Å². The zero-order valence-corrected chi connectivity index (χ0v) is 14.9. The summed E-state index contributed by atoms with van der Waals surface area (Å²) in [4.78, 5) is 24.2. The molecule has 1 N–H and O–H groups in total. The van der Waals surface area contributed by atoms with Crippen LogP contribution in [0.1, 0.15) is 42.6 Å². The van der Waals surface area contributed by atoms with Crippen LogP contribution < -0.4 is 5.32 Å². The number of hydrogen-bond acceptors (Lipinski definition) is 3.